The Morgan fingerprint density at radius 1 is 0.903 bits per heavy atom. The van der Waals surface area contributed by atoms with E-state index in [1.54, 1.807) is 11.3 Å². The van der Waals surface area contributed by atoms with Crippen LogP contribution in [0.15, 0.2) is 59.4 Å². The van der Waals surface area contributed by atoms with Gasteiger partial charge in [-0.05, 0) is 89.3 Å². The first-order chi connectivity index (χ1) is 15.3. The molecule has 8 heteroatoms. The molecule has 0 bridgehead atoms. The van der Waals surface area contributed by atoms with Crippen LogP contribution in [0.25, 0.3) is 32.4 Å². The van der Waals surface area contributed by atoms with Gasteiger partial charge in [0.1, 0.15) is 16.9 Å². The van der Waals surface area contributed by atoms with Crippen molar-refractivity contribution in [2.45, 2.75) is 19.4 Å². The maximum absolute atomic E-state index is 4.81. The number of hydrogen-bond acceptors (Lipinski definition) is 8. The van der Waals surface area contributed by atoms with E-state index < -0.39 is 0 Å². The van der Waals surface area contributed by atoms with Crippen molar-refractivity contribution in [3.05, 3.63) is 60.3 Å². The second kappa shape index (κ2) is 7.72. The van der Waals surface area contributed by atoms with Crippen molar-refractivity contribution in [2.75, 3.05) is 18.4 Å². The molecule has 1 aliphatic rings. The molecule has 1 saturated heterocycles. The Balaban J connectivity index is 1.25. The van der Waals surface area contributed by atoms with E-state index in [2.05, 4.69) is 55.8 Å². The highest BCUT2D eigenvalue weighted by atomic mass is 32.1. The molecule has 0 amide bonds. The van der Waals surface area contributed by atoms with Crippen LogP contribution in [-0.2, 0) is 6.54 Å². The number of fused-ring (bicyclic) bond motifs is 2. The second-order valence-electron chi connectivity index (χ2n) is 7.83. The highest BCUT2D eigenvalue weighted by Crippen LogP contribution is 2.32. The van der Waals surface area contributed by atoms with Crippen molar-refractivity contribution >= 4 is 43.5 Å². The molecule has 5 aromatic rings. The lowest BCUT2D eigenvalue weighted by atomic mass is 10.1. The lowest BCUT2D eigenvalue weighted by Gasteiger charge is -2.14. The Hall–Kier alpha value is -3.36. The molecule has 4 heterocycles. The molecule has 0 spiro atoms. The third-order valence-electron chi connectivity index (χ3n) is 5.64. The van der Waals surface area contributed by atoms with Gasteiger partial charge in [0.05, 0.1) is 10.2 Å². The number of rotatable bonds is 5. The van der Waals surface area contributed by atoms with Crippen molar-refractivity contribution in [3.63, 3.8) is 0 Å². The van der Waals surface area contributed by atoms with Crippen molar-refractivity contribution < 1.29 is 4.63 Å². The zero-order chi connectivity index (χ0) is 20.6. The maximum Gasteiger partial charge on any atom is 0.189 e. The number of aromatic nitrogens is 4. The first-order valence-electron chi connectivity index (χ1n) is 10.4. The molecule has 3 aromatic heterocycles. The van der Waals surface area contributed by atoms with Gasteiger partial charge in [0.15, 0.2) is 5.13 Å². The van der Waals surface area contributed by atoms with Gasteiger partial charge in [0.2, 0.25) is 0 Å². The van der Waals surface area contributed by atoms with Gasteiger partial charge in [-0.2, -0.15) is 0 Å². The Bertz CT molecular complexity index is 1370. The summed E-state index contributed by atoms with van der Waals surface area (Å²) in [5.41, 5.74) is 5.94. The summed E-state index contributed by atoms with van der Waals surface area (Å²) in [6, 6.07) is 16.4. The third-order valence-corrected chi connectivity index (χ3v) is 6.57. The summed E-state index contributed by atoms with van der Waals surface area (Å²) < 4.78 is 5.92. The largest absolute Gasteiger partial charge is 0.316 e. The predicted octanol–water partition coefficient (Wildman–Crippen LogP) is 5.23. The molecule has 0 saturated carbocycles. The molecule has 1 N–H and O–H groups in total. The van der Waals surface area contributed by atoms with E-state index in [0.717, 1.165) is 49.9 Å². The summed E-state index contributed by atoms with van der Waals surface area (Å²) in [5.74, 6) is 0.833. The van der Waals surface area contributed by atoms with Gasteiger partial charge in [-0.1, -0.05) is 23.5 Å². The average Bonchev–Trinajstić information content (AvgIpc) is 3.53. The third kappa shape index (κ3) is 3.75. The van der Waals surface area contributed by atoms with Crippen LogP contribution in [0.3, 0.4) is 0 Å². The van der Waals surface area contributed by atoms with Crippen molar-refractivity contribution in [1.29, 1.82) is 0 Å². The van der Waals surface area contributed by atoms with Gasteiger partial charge in [-0.3, -0.25) is 4.90 Å². The summed E-state index contributed by atoms with van der Waals surface area (Å²) in [4.78, 5) is 11.7. The number of likely N-dealkylation sites (tertiary alicyclic amines) is 1. The normalized spacial score (nSPS) is 14.6. The zero-order valence-corrected chi connectivity index (χ0v) is 17.6. The molecular formula is C23H20N6OS. The molecule has 154 valence electrons. The number of anilines is 2. The number of benzene rings is 2. The number of nitrogens with one attached hydrogen (secondary N) is 1. The van der Waals surface area contributed by atoms with Crippen LogP contribution in [-0.4, -0.2) is 38.3 Å². The number of nitrogens with zero attached hydrogens (tertiary/aromatic N) is 5. The first kappa shape index (κ1) is 18.4. The number of thiazole rings is 1. The minimum absolute atomic E-state index is 0.754. The van der Waals surface area contributed by atoms with Gasteiger partial charge in [0, 0.05) is 12.7 Å². The van der Waals surface area contributed by atoms with E-state index in [0.29, 0.717) is 0 Å². The monoisotopic (exact) mass is 428 g/mol. The summed E-state index contributed by atoms with van der Waals surface area (Å²) in [6.45, 7) is 3.35. The van der Waals surface area contributed by atoms with E-state index in [4.69, 9.17) is 9.61 Å². The summed E-state index contributed by atoms with van der Waals surface area (Å²) >= 11 is 1.63. The Labute approximate surface area is 182 Å². The molecule has 0 atom stereocenters. The summed E-state index contributed by atoms with van der Waals surface area (Å²) in [6.07, 6.45) is 4.47. The Morgan fingerprint density at radius 2 is 1.71 bits per heavy atom. The van der Waals surface area contributed by atoms with E-state index in [1.807, 2.05) is 24.4 Å². The molecule has 0 radical (unpaired) electrons. The van der Waals surface area contributed by atoms with Crippen LogP contribution in [0.1, 0.15) is 18.4 Å². The molecular weight excluding hydrogens is 408 g/mol. The molecule has 2 aromatic carbocycles. The lowest BCUT2D eigenvalue weighted by molar-refractivity contribution is 0.315. The van der Waals surface area contributed by atoms with Crippen LogP contribution in [0.4, 0.5) is 10.9 Å². The first-order valence-corrected chi connectivity index (χ1v) is 11.2. The average molecular weight is 429 g/mol. The number of pyridine rings is 1. The van der Waals surface area contributed by atoms with Crippen LogP contribution >= 0.6 is 11.3 Å². The van der Waals surface area contributed by atoms with E-state index in [-0.39, 0.29) is 0 Å². The quantitative estimate of drug-likeness (QED) is 0.410. The highest BCUT2D eigenvalue weighted by molar-refractivity contribution is 7.22. The topological polar surface area (TPSA) is 80.0 Å². The predicted molar refractivity (Wildman–Crippen MR) is 122 cm³/mol. The molecule has 31 heavy (non-hydrogen) atoms. The van der Waals surface area contributed by atoms with E-state index >= 15 is 0 Å². The van der Waals surface area contributed by atoms with Gasteiger partial charge >= 0.3 is 0 Å². The van der Waals surface area contributed by atoms with Gasteiger partial charge in [-0.25, -0.2) is 14.6 Å². The van der Waals surface area contributed by atoms with Crippen LogP contribution in [0.5, 0.6) is 0 Å². The fraction of sp³-hybridized carbons (Fsp3) is 0.217. The van der Waals surface area contributed by atoms with E-state index in [9.17, 15) is 0 Å². The standard InChI is InChI=1S/C23H20N6OS/c1-2-10-29(9-1)14-15-7-8-24-22(11-15)26-23-25-19-6-4-17(13-21(19)31-23)16-3-5-18-20(12-16)28-30-27-18/h3-8,11-13H,1-2,9-10,14H2,(H,24,25,26). The molecule has 0 unspecified atom stereocenters. The SMILES string of the molecule is c1cc(CN2CCCC2)cc(Nc2nc3ccc(-c4ccc5nonc5c4)cc3s2)n1. The van der Waals surface area contributed by atoms with Crippen molar-refractivity contribution in [2.24, 2.45) is 0 Å². The van der Waals surface area contributed by atoms with Crippen molar-refractivity contribution in [3.8, 4) is 11.1 Å². The maximum atomic E-state index is 4.81. The molecule has 0 aliphatic carbocycles. The summed E-state index contributed by atoms with van der Waals surface area (Å²) in [5, 5.41) is 12.0. The van der Waals surface area contributed by atoms with Gasteiger partial charge in [-0.15, -0.1) is 0 Å². The highest BCUT2D eigenvalue weighted by Gasteiger charge is 2.13. The molecule has 7 nitrogen and oxygen atoms in total. The molecule has 1 aliphatic heterocycles. The van der Waals surface area contributed by atoms with E-state index in [1.165, 1.54) is 31.5 Å². The molecule has 1 fully saturated rings. The minimum atomic E-state index is 0.754. The second-order valence-corrected chi connectivity index (χ2v) is 8.86. The molecule has 6 rings (SSSR count). The fourth-order valence-electron chi connectivity index (χ4n) is 4.07. The Kier molecular flexibility index (Phi) is 4.58. The van der Waals surface area contributed by atoms with Crippen LogP contribution in [0, 0.1) is 0 Å². The minimum Gasteiger partial charge on any atom is -0.316 e. The van der Waals surface area contributed by atoms with Crippen LogP contribution in [0.2, 0.25) is 0 Å². The van der Waals surface area contributed by atoms with Crippen LogP contribution < -0.4 is 5.32 Å². The summed E-state index contributed by atoms with van der Waals surface area (Å²) in [7, 11) is 0. The zero-order valence-electron chi connectivity index (χ0n) is 16.8. The van der Waals surface area contributed by atoms with Crippen molar-refractivity contribution in [1.82, 2.24) is 25.2 Å². The Morgan fingerprint density at radius 3 is 2.61 bits per heavy atom. The van der Waals surface area contributed by atoms with Gasteiger partial charge < -0.3 is 5.32 Å². The number of hydrogen-bond donors (Lipinski definition) is 1. The smallest absolute Gasteiger partial charge is 0.189 e. The van der Waals surface area contributed by atoms with Gasteiger partial charge in [0.25, 0.3) is 0 Å². The lowest BCUT2D eigenvalue weighted by Crippen LogP contribution is -2.18. The fourth-order valence-corrected chi connectivity index (χ4v) is 4.98.